The Labute approximate surface area is 183 Å². The fourth-order valence-electron chi connectivity index (χ4n) is 2.57. The molecule has 6 nitrogen and oxygen atoms in total. The molecule has 0 heterocycles. The predicted molar refractivity (Wildman–Crippen MR) is 115 cm³/mol. The van der Waals surface area contributed by atoms with E-state index in [4.69, 9.17) is 21.1 Å². The predicted octanol–water partition coefficient (Wildman–Crippen LogP) is 4.86. The minimum Gasteiger partial charge on any atom is -0.490 e. The van der Waals surface area contributed by atoms with E-state index in [-0.39, 0.29) is 21.9 Å². The first-order valence-corrected chi connectivity index (χ1v) is 9.68. The van der Waals surface area contributed by atoms with Gasteiger partial charge >= 0.3 is 5.97 Å². The molecule has 3 aromatic rings. The zero-order valence-corrected chi connectivity index (χ0v) is 17.2. The van der Waals surface area contributed by atoms with Crippen LogP contribution in [-0.2, 0) is 0 Å². The van der Waals surface area contributed by atoms with Crippen LogP contribution in [0.25, 0.3) is 0 Å². The van der Waals surface area contributed by atoms with Gasteiger partial charge in [0.15, 0.2) is 11.5 Å². The van der Waals surface area contributed by atoms with Gasteiger partial charge < -0.3 is 9.47 Å². The van der Waals surface area contributed by atoms with Crippen LogP contribution in [0.2, 0.25) is 5.02 Å². The number of hydrogen-bond acceptors (Lipinski definition) is 5. The molecule has 0 aromatic heterocycles. The Bertz CT molecular complexity index is 1120. The molecule has 0 aliphatic rings. The van der Waals surface area contributed by atoms with Crippen molar-refractivity contribution in [2.45, 2.75) is 6.92 Å². The van der Waals surface area contributed by atoms with Crippen LogP contribution >= 0.6 is 11.6 Å². The molecule has 0 atom stereocenters. The van der Waals surface area contributed by atoms with E-state index in [1.807, 2.05) is 0 Å². The average Bonchev–Trinajstić information content (AvgIpc) is 2.76. The molecule has 158 valence electrons. The molecule has 0 unspecified atom stereocenters. The molecule has 8 heteroatoms. The molecule has 0 spiro atoms. The van der Waals surface area contributed by atoms with Crippen molar-refractivity contribution in [2.75, 3.05) is 6.61 Å². The zero-order valence-electron chi connectivity index (χ0n) is 16.5. The summed E-state index contributed by atoms with van der Waals surface area (Å²) >= 11 is 6.04. The normalized spacial score (nSPS) is 10.7. The third-order valence-corrected chi connectivity index (χ3v) is 4.38. The number of esters is 1. The second kappa shape index (κ2) is 10.4. The van der Waals surface area contributed by atoms with Crippen LogP contribution in [0.4, 0.5) is 4.39 Å². The Morgan fingerprint density at radius 2 is 1.81 bits per heavy atom. The smallest absolute Gasteiger partial charge is 0.345 e. The van der Waals surface area contributed by atoms with E-state index in [9.17, 15) is 14.0 Å². The van der Waals surface area contributed by atoms with Gasteiger partial charge in [-0.15, -0.1) is 0 Å². The quantitative estimate of drug-likeness (QED) is 0.246. The molecule has 3 rings (SSSR count). The molecular formula is C23H18ClFN2O4. The largest absolute Gasteiger partial charge is 0.490 e. The Balaban J connectivity index is 1.71. The monoisotopic (exact) mass is 440 g/mol. The van der Waals surface area contributed by atoms with Crippen molar-refractivity contribution in [1.29, 1.82) is 0 Å². The van der Waals surface area contributed by atoms with Crippen LogP contribution in [0.3, 0.4) is 0 Å². The summed E-state index contributed by atoms with van der Waals surface area (Å²) in [5.74, 6) is -0.971. The standard InChI is InChI=1S/C23H18ClFN2O4/c1-2-30-21-13-15(14-26-27-22(28)16-8-10-17(25)11-9-16)7-12-20(21)31-23(29)18-5-3-4-6-19(18)24/h3-14H,2H2,1H3,(H,27,28)/b26-14+. The number of nitrogens with zero attached hydrogens (tertiary/aromatic N) is 1. The van der Waals surface area contributed by atoms with E-state index in [2.05, 4.69) is 10.5 Å². The zero-order chi connectivity index (χ0) is 22.2. The summed E-state index contributed by atoms with van der Waals surface area (Å²) in [7, 11) is 0. The van der Waals surface area contributed by atoms with Crippen LogP contribution in [-0.4, -0.2) is 24.7 Å². The molecular weight excluding hydrogens is 423 g/mol. The maximum atomic E-state index is 12.9. The number of ether oxygens (including phenoxy) is 2. The lowest BCUT2D eigenvalue weighted by Gasteiger charge is -2.12. The van der Waals surface area contributed by atoms with Crippen LogP contribution in [0, 0.1) is 5.82 Å². The van der Waals surface area contributed by atoms with E-state index in [1.54, 1.807) is 49.4 Å². The van der Waals surface area contributed by atoms with Gasteiger partial charge in [0, 0.05) is 5.56 Å². The number of carbonyl (C=O) groups excluding carboxylic acids is 2. The highest BCUT2D eigenvalue weighted by molar-refractivity contribution is 6.33. The first kappa shape index (κ1) is 22.0. The van der Waals surface area contributed by atoms with E-state index < -0.39 is 17.7 Å². The summed E-state index contributed by atoms with van der Waals surface area (Å²) in [6.07, 6.45) is 1.41. The van der Waals surface area contributed by atoms with Crippen molar-refractivity contribution >= 4 is 29.7 Å². The number of amides is 1. The summed E-state index contributed by atoms with van der Waals surface area (Å²) in [5.41, 5.74) is 3.47. The number of hydrazone groups is 1. The summed E-state index contributed by atoms with van der Waals surface area (Å²) in [6, 6.07) is 16.5. The Morgan fingerprint density at radius 3 is 2.52 bits per heavy atom. The number of hydrogen-bond donors (Lipinski definition) is 1. The lowest BCUT2D eigenvalue weighted by Crippen LogP contribution is -2.17. The summed E-state index contributed by atoms with van der Waals surface area (Å²) in [4.78, 5) is 24.4. The number of nitrogens with one attached hydrogen (secondary N) is 1. The number of benzene rings is 3. The fraction of sp³-hybridized carbons (Fsp3) is 0.0870. The van der Waals surface area contributed by atoms with Gasteiger partial charge in [0.1, 0.15) is 5.82 Å². The maximum absolute atomic E-state index is 12.9. The maximum Gasteiger partial charge on any atom is 0.345 e. The molecule has 1 N–H and O–H groups in total. The number of halogens is 2. The molecule has 3 aromatic carbocycles. The van der Waals surface area contributed by atoms with Crippen molar-refractivity contribution in [2.24, 2.45) is 5.10 Å². The second-order valence-corrected chi connectivity index (χ2v) is 6.62. The van der Waals surface area contributed by atoms with E-state index in [0.717, 1.165) is 0 Å². The van der Waals surface area contributed by atoms with Crippen LogP contribution in [0.5, 0.6) is 11.5 Å². The third-order valence-electron chi connectivity index (χ3n) is 4.05. The van der Waals surface area contributed by atoms with Gasteiger partial charge in [-0.25, -0.2) is 14.6 Å². The molecule has 0 aliphatic carbocycles. The van der Waals surface area contributed by atoms with Crippen molar-refractivity contribution in [3.05, 3.63) is 94.3 Å². The Hall–Kier alpha value is -3.71. The molecule has 0 radical (unpaired) electrons. The van der Waals surface area contributed by atoms with Crippen LogP contribution in [0.1, 0.15) is 33.2 Å². The summed E-state index contributed by atoms with van der Waals surface area (Å²) in [6.45, 7) is 2.14. The molecule has 0 fully saturated rings. The average molecular weight is 441 g/mol. The number of rotatable bonds is 7. The lowest BCUT2D eigenvalue weighted by molar-refractivity contribution is 0.0728. The highest BCUT2D eigenvalue weighted by Crippen LogP contribution is 2.29. The van der Waals surface area contributed by atoms with Crippen LogP contribution in [0.15, 0.2) is 71.8 Å². The SMILES string of the molecule is CCOc1cc(/C=N/NC(=O)c2ccc(F)cc2)ccc1OC(=O)c1ccccc1Cl. The van der Waals surface area contributed by atoms with Crippen LogP contribution < -0.4 is 14.9 Å². The topological polar surface area (TPSA) is 77.0 Å². The van der Waals surface area contributed by atoms with Gasteiger partial charge in [0.05, 0.1) is 23.4 Å². The summed E-state index contributed by atoms with van der Waals surface area (Å²) < 4.78 is 23.9. The minimum absolute atomic E-state index is 0.222. The minimum atomic E-state index is -0.612. The molecule has 0 aliphatic heterocycles. The van der Waals surface area contributed by atoms with Crippen molar-refractivity contribution < 1.29 is 23.5 Å². The Kier molecular flexibility index (Phi) is 7.35. The molecule has 1 amide bonds. The molecule has 0 saturated carbocycles. The van der Waals surface area contributed by atoms with Gasteiger partial charge in [-0.2, -0.15) is 5.10 Å². The van der Waals surface area contributed by atoms with Crippen molar-refractivity contribution in [3.63, 3.8) is 0 Å². The third kappa shape index (κ3) is 5.90. The summed E-state index contributed by atoms with van der Waals surface area (Å²) in [5, 5.41) is 4.18. The van der Waals surface area contributed by atoms with E-state index >= 15 is 0 Å². The number of carbonyl (C=O) groups is 2. The highest BCUT2D eigenvalue weighted by Gasteiger charge is 2.15. The van der Waals surface area contributed by atoms with Gasteiger partial charge in [-0.05, 0) is 67.1 Å². The Morgan fingerprint density at radius 1 is 1.06 bits per heavy atom. The second-order valence-electron chi connectivity index (χ2n) is 6.21. The molecule has 0 saturated heterocycles. The lowest BCUT2D eigenvalue weighted by atomic mass is 10.2. The van der Waals surface area contributed by atoms with Gasteiger partial charge in [-0.3, -0.25) is 4.79 Å². The molecule has 31 heavy (non-hydrogen) atoms. The molecule has 0 bridgehead atoms. The van der Waals surface area contributed by atoms with E-state index in [0.29, 0.717) is 17.9 Å². The van der Waals surface area contributed by atoms with Crippen molar-refractivity contribution in [3.8, 4) is 11.5 Å². The fourth-order valence-corrected chi connectivity index (χ4v) is 2.78. The highest BCUT2D eigenvalue weighted by atomic mass is 35.5. The first-order valence-electron chi connectivity index (χ1n) is 9.30. The van der Waals surface area contributed by atoms with Gasteiger partial charge in [0.2, 0.25) is 0 Å². The first-order chi connectivity index (χ1) is 15.0. The van der Waals surface area contributed by atoms with Crippen molar-refractivity contribution in [1.82, 2.24) is 5.43 Å². The van der Waals surface area contributed by atoms with Gasteiger partial charge in [0.25, 0.3) is 5.91 Å². The van der Waals surface area contributed by atoms with E-state index in [1.165, 1.54) is 30.5 Å². The van der Waals surface area contributed by atoms with Gasteiger partial charge in [-0.1, -0.05) is 23.7 Å².